The molecule has 0 bridgehead atoms. The second kappa shape index (κ2) is 31.2. The van der Waals surface area contributed by atoms with E-state index in [-0.39, 0.29) is 35.7 Å². The summed E-state index contributed by atoms with van der Waals surface area (Å²) in [6.45, 7) is 9.08. The summed E-state index contributed by atoms with van der Waals surface area (Å²) >= 11 is 0. The zero-order chi connectivity index (χ0) is 33.5. The lowest BCUT2D eigenvalue weighted by Gasteiger charge is -2.35. The van der Waals surface area contributed by atoms with Crippen LogP contribution in [0.1, 0.15) is 233 Å². The summed E-state index contributed by atoms with van der Waals surface area (Å²) < 4.78 is 0. The van der Waals surface area contributed by atoms with Gasteiger partial charge in [-0.2, -0.15) is 0 Å². The van der Waals surface area contributed by atoms with Gasteiger partial charge in [-0.25, -0.2) is 0 Å². The van der Waals surface area contributed by atoms with Crippen LogP contribution >= 0.6 is 0 Å². The number of unbranched alkanes of at least 4 members (excludes halogenated alkanes) is 20. The molecule has 0 radical (unpaired) electrons. The Hall–Kier alpha value is -1.06. The van der Waals surface area contributed by atoms with Gasteiger partial charge in [-0.1, -0.05) is 195 Å². The molecule has 1 aliphatic carbocycles. The molecule has 4 atom stereocenters. The first-order valence-electron chi connectivity index (χ1n) is 21.2. The third-order valence-electron chi connectivity index (χ3n) is 10.8. The predicted molar refractivity (Wildman–Crippen MR) is 201 cm³/mol. The Balaban J connectivity index is 2.72. The van der Waals surface area contributed by atoms with Crippen molar-refractivity contribution in [2.45, 2.75) is 245 Å². The maximum Gasteiger partial charge on any atom is 0.223 e. The van der Waals surface area contributed by atoms with Crippen molar-refractivity contribution >= 4 is 11.8 Å². The molecule has 0 aliphatic heterocycles. The summed E-state index contributed by atoms with van der Waals surface area (Å²) in [6.07, 6.45) is 39.0. The number of carbonyl (C=O) groups is 2. The van der Waals surface area contributed by atoms with Crippen molar-refractivity contribution in [3.63, 3.8) is 0 Å². The fourth-order valence-corrected chi connectivity index (χ4v) is 7.57. The fraction of sp³-hybridized carbons (Fsp3) is 0.952. The second-order valence-electron chi connectivity index (χ2n) is 15.1. The van der Waals surface area contributed by atoms with Crippen LogP contribution in [0.5, 0.6) is 0 Å². The molecule has 46 heavy (non-hydrogen) atoms. The zero-order valence-electron chi connectivity index (χ0n) is 31.8. The van der Waals surface area contributed by atoms with Crippen LogP contribution in [0.15, 0.2) is 0 Å². The molecular weight excluding hydrogens is 564 g/mol. The largest absolute Gasteiger partial charge is 0.351 e. The van der Waals surface area contributed by atoms with E-state index in [1.807, 2.05) is 0 Å². The Morgan fingerprint density at radius 3 is 0.913 bits per heavy atom. The first-order chi connectivity index (χ1) is 22.6. The van der Waals surface area contributed by atoms with Crippen LogP contribution in [-0.2, 0) is 9.59 Å². The first kappa shape index (κ1) is 43.0. The van der Waals surface area contributed by atoms with Crippen LogP contribution in [0, 0.1) is 11.8 Å². The van der Waals surface area contributed by atoms with Crippen molar-refractivity contribution in [2.75, 3.05) is 0 Å². The second-order valence-corrected chi connectivity index (χ2v) is 15.1. The van der Waals surface area contributed by atoms with E-state index in [2.05, 4.69) is 38.3 Å². The maximum absolute atomic E-state index is 13.8. The van der Waals surface area contributed by atoms with Crippen LogP contribution in [-0.4, -0.2) is 23.9 Å². The van der Waals surface area contributed by atoms with Crippen LogP contribution in [0.2, 0.25) is 0 Å². The van der Waals surface area contributed by atoms with Gasteiger partial charge >= 0.3 is 0 Å². The molecule has 0 spiro atoms. The molecular formula is C42H82N2O2. The Kier molecular flexibility index (Phi) is 29.2. The number of amides is 2. The topological polar surface area (TPSA) is 58.2 Å². The molecule has 0 heterocycles. The molecule has 2 amide bonds. The maximum atomic E-state index is 13.8. The van der Waals surface area contributed by atoms with Gasteiger partial charge in [0.25, 0.3) is 0 Å². The van der Waals surface area contributed by atoms with Crippen molar-refractivity contribution in [1.82, 2.24) is 10.6 Å². The van der Waals surface area contributed by atoms with E-state index in [1.165, 1.54) is 141 Å². The Morgan fingerprint density at radius 2 is 0.652 bits per heavy atom. The first-order valence-corrected chi connectivity index (χ1v) is 21.2. The van der Waals surface area contributed by atoms with Crippen LogP contribution in [0.4, 0.5) is 0 Å². The Labute approximate surface area is 288 Å². The molecule has 4 nitrogen and oxygen atoms in total. The molecule has 2 unspecified atom stereocenters. The number of hydrogen-bond donors (Lipinski definition) is 2. The lowest BCUT2D eigenvalue weighted by molar-refractivity contribution is -0.129. The number of carbonyl (C=O) groups excluding carboxylic acids is 2. The van der Waals surface area contributed by atoms with Crippen molar-refractivity contribution in [3.05, 3.63) is 0 Å². The van der Waals surface area contributed by atoms with Gasteiger partial charge in [0, 0.05) is 23.9 Å². The smallest absolute Gasteiger partial charge is 0.223 e. The summed E-state index contributed by atoms with van der Waals surface area (Å²) in [4.78, 5) is 27.5. The summed E-state index contributed by atoms with van der Waals surface area (Å²) in [7, 11) is 0. The highest BCUT2D eigenvalue weighted by atomic mass is 16.2. The quantitative estimate of drug-likeness (QED) is 0.0714. The molecule has 1 saturated carbocycles. The van der Waals surface area contributed by atoms with Gasteiger partial charge in [0.15, 0.2) is 0 Å². The van der Waals surface area contributed by atoms with Crippen LogP contribution < -0.4 is 10.6 Å². The van der Waals surface area contributed by atoms with Gasteiger partial charge in [0.05, 0.1) is 0 Å². The fourth-order valence-electron chi connectivity index (χ4n) is 7.57. The van der Waals surface area contributed by atoms with Gasteiger partial charge in [0.2, 0.25) is 11.8 Å². The van der Waals surface area contributed by atoms with Gasteiger partial charge in [-0.05, 0) is 38.5 Å². The van der Waals surface area contributed by atoms with E-state index in [4.69, 9.17) is 0 Å². The Bertz CT molecular complexity index is 637. The zero-order valence-corrected chi connectivity index (χ0v) is 31.8. The standard InChI is InChI=1S/C42H82N2O2/c1-5-9-13-17-19-23-27-33-37(31-25-21-15-11-7-3)41(45)43-39-35-29-30-36-40(39)44-42(46)38(32-26-22-16-12-8-4)34-28-24-20-18-14-10-6-2/h37-40H,5-36H2,1-4H3,(H,43,45)(H,44,46)/t37?,38?,39-,40-/m0/s1. The van der Waals surface area contributed by atoms with Crippen LogP contribution in [0.3, 0.4) is 0 Å². The number of rotatable bonds is 32. The summed E-state index contributed by atoms with van der Waals surface area (Å²) in [6, 6.07) is 0.177. The van der Waals surface area contributed by atoms with Crippen molar-refractivity contribution in [1.29, 1.82) is 0 Å². The van der Waals surface area contributed by atoms with Gasteiger partial charge < -0.3 is 10.6 Å². The molecule has 0 aromatic carbocycles. The summed E-state index contributed by atoms with van der Waals surface area (Å²) in [5, 5.41) is 7.05. The minimum atomic E-state index is 0.0885. The number of nitrogens with one attached hydrogen (secondary N) is 2. The molecule has 4 heteroatoms. The van der Waals surface area contributed by atoms with Gasteiger partial charge in [-0.3, -0.25) is 9.59 Å². The van der Waals surface area contributed by atoms with E-state index < -0.39 is 0 Å². The molecule has 0 saturated heterocycles. The third-order valence-corrected chi connectivity index (χ3v) is 10.8. The van der Waals surface area contributed by atoms with E-state index in [0.29, 0.717) is 0 Å². The SMILES string of the molecule is CCCCCCCCCC(CCCCCCC)C(=O)N[C@H]1CCCC[C@@H]1NC(=O)C(CCCCCCC)CCCCCCCCC. The van der Waals surface area contributed by atoms with E-state index in [9.17, 15) is 9.59 Å². The molecule has 0 aromatic rings. The summed E-state index contributed by atoms with van der Waals surface area (Å²) in [5.74, 6) is 0.791. The minimum Gasteiger partial charge on any atom is -0.351 e. The molecule has 272 valence electrons. The lowest BCUT2D eigenvalue weighted by atomic mass is 9.87. The molecule has 0 aromatic heterocycles. The van der Waals surface area contributed by atoms with Crippen molar-refractivity contribution in [3.8, 4) is 0 Å². The Morgan fingerprint density at radius 1 is 0.413 bits per heavy atom. The summed E-state index contributed by atoms with van der Waals surface area (Å²) in [5.41, 5.74) is 0. The molecule has 1 rings (SSSR count). The predicted octanol–water partition coefficient (Wildman–Crippen LogP) is 12.8. The average Bonchev–Trinajstić information content (AvgIpc) is 3.06. The third kappa shape index (κ3) is 22.5. The van der Waals surface area contributed by atoms with Crippen molar-refractivity contribution in [2.24, 2.45) is 11.8 Å². The van der Waals surface area contributed by atoms with E-state index in [1.54, 1.807) is 0 Å². The highest BCUT2D eigenvalue weighted by Gasteiger charge is 2.31. The van der Waals surface area contributed by atoms with Gasteiger partial charge in [-0.15, -0.1) is 0 Å². The molecule has 1 aliphatic rings. The van der Waals surface area contributed by atoms with Crippen molar-refractivity contribution < 1.29 is 9.59 Å². The highest BCUT2D eigenvalue weighted by molar-refractivity contribution is 5.80. The lowest BCUT2D eigenvalue weighted by Crippen LogP contribution is -2.55. The highest BCUT2D eigenvalue weighted by Crippen LogP contribution is 2.25. The minimum absolute atomic E-state index is 0.0885. The van der Waals surface area contributed by atoms with E-state index >= 15 is 0 Å². The van der Waals surface area contributed by atoms with Crippen LogP contribution in [0.25, 0.3) is 0 Å². The molecule has 2 N–H and O–H groups in total. The average molecular weight is 647 g/mol. The normalized spacial score (nSPS) is 17.9. The number of hydrogen-bond acceptors (Lipinski definition) is 2. The molecule has 1 fully saturated rings. The monoisotopic (exact) mass is 647 g/mol. The van der Waals surface area contributed by atoms with Gasteiger partial charge in [0.1, 0.15) is 0 Å². The van der Waals surface area contributed by atoms with E-state index in [0.717, 1.165) is 64.2 Å².